The molecular weight excluding hydrogens is 475 g/mol. The zero-order chi connectivity index (χ0) is 23.2. The maximum atomic E-state index is 14.4. The minimum atomic E-state index is -3.01. The van der Waals surface area contributed by atoms with Crippen LogP contribution in [0.4, 0.5) is 18.9 Å². The number of methoxy groups -OCH3 is 1. The molecule has 178 valence electrons. The molecule has 3 aliphatic rings. The second-order valence-electron chi connectivity index (χ2n) is 8.84. The van der Waals surface area contributed by atoms with E-state index >= 15 is 0 Å². The SMILES string of the molecule is COCC1=NN(c2ccccc2F)CC1CN1CCC2(CC1)OCC(F)(F)c1cc(Cl)sc12. The molecule has 1 atom stereocenters. The van der Waals surface area contributed by atoms with Crippen molar-refractivity contribution in [1.82, 2.24) is 4.90 Å². The summed E-state index contributed by atoms with van der Waals surface area (Å²) >= 11 is 7.31. The van der Waals surface area contributed by atoms with E-state index in [4.69, 9.17) is 21.1 Å². The van der Waals surface area contributed by atoms with Gasteiger partial charge in [-0.3, -0.25) is 5.01 Å². The van der Waals surface area contributed by atoms with E-state index in [1.165, 1.54) is 23.5 Å². The molecule has 0 N–H and O–H groups in total. The number of hydrogen-bond acceptors (Lipinski definition) is 6. The lowest BCUT2D eigenvalue weighted by molar-refractivity contribution is -0.181. The molecule has 5 rings (SSSR count). The number of benzene rings is 1. The van der Waals surface area contributed by atoms with Crippen LogP contribution in [0.15, 0.2) is 35.4 Å². The number of anilines is 1. The highest BCUT2D eigenvalue weighted by molar-refractivity contribution is 7.16. The lowest BCUT2D eigenvalue weighted by Gasteiger charge is -2.45. The molecule has 0 bridgehead atoms. The molecule has 0 radical (unpaired) electrons. The lowest BCUT2D eigenvalue weighted by Crippen LogP contribution is -2.50. The highest BCUT2D eigenvalue weighted by atomic mass is 35.5. The number of hydrogen-bond donors (Lipinski definition) is 0. The zero-order valence-corrected chi connectivity index (χ0v) is 19.8. The Morgan fingerprint density at radius 3 is 2.76 bits per heavy atom. The summed E-state index contributed by atoms with van der Waals surface area (Å²) in [4.78, 5) is 2.87. The van der Waals surface area contributed by atoms with Crippen LogP contribution >= 0.6 is 22.9 Å². The fourth-order valence-electron chi connectivity index (χ4n) is 4.99. The standard InChI is InChI=1S/C23H25ClF3N3O2S/c1-31-13-18-15(12-30(28-18)19-5-3-2-4-17(19)25)11-29-8-6-22(7-9-29)21-16(10-20(24)33-21)23(26,27)14-32-22/h2-5,10,15H,6-9,11-14H2,1H3. The number of rotatable bonds is 5. The first-order chi connectivity index (χ1) is 15.8. The van der Waals surface area contributed by atoms with E-state index in [1.807, 2.05) is 0 Å². The summed E-state index contributed by atoms with van der Waals surface area (Å²) in [6, 6.07) is 7.99. The van der Waals surface area contributed by atoms with Crippen molar-refractivity contribution in [2.24, 2.45) is 11.0 Å². The summed E-state index contributed by atoms with van der Waals surface area (Å²) in [5.74, 6) is -3.23. The van der Waals surface area contributed by atoms with Gasteiger partial charge < -0.3 is 14.4 Å². The van der Waals surface area contributed by atoms with Gasteiger partial charge in [-0.1, -0.05) is 23.7 Å². The number of halogens is 4. The minimum Gasteiger partial charge on any atom is -0.379 e. The molecule has 33 heavy (non-hydrogen) atoms. The van der Waals surface area contributed by atoms with Crippen LogP contribution in [-0.2, 0) is 21.0 Å². The molecule has 1 unspecified atom stereocenters. The Kier molecular flexibility index (Phi) is 6.20. The van der Waals surface area contributed by atoms with Gasteiger partial charge in [0.2, 0.25) is 0 Å². The van der Waals surface area contributed by atoms with Crippen LogP contribution in [0.3, 0.4) is 0 Å². The van der Waals surface area contributed by atoms with Gasteiger partial charge in [0.25, 0.3) is 5.92 Å². The van der Waals surface area contributed by atoms with Gasteiger partial charge in [0, 0.05) is 43.1 Å². The quantitative estimate of drug-likeness (QED) is 0.574. The molecule has 1 spiro atoms. The number of fused-ring (bicyclic) bond motifs is 2. The van der Waals surface area contributed by atoms with E-state index in [9.17, 15) is 13.2 Å². The van der Waals surface area contributed by atoms with Crippen molar-refractivity contribution < 1.29 is 22.6 Å². The van der Waals surface area contributed by atoms with Crippen LogP contribution < -0.4 is 5.01 Å². The van der Waals surface area contributed by atoms with Crippen molar-refractivity contribution in [1.29, 1.82) is 0 Å². The maximum Gasteiger partial charge on any atom is 0.297 e. The third kappa shape index (κ3) is 4.30. The van der Waals surface area contributed by atoms with E-state index in [0.29, 0.717) is 54.0 Å². The predicted octanol–water partition coefficient (Wildman–Crippen LogP) is 5.09. The summed E-state index contributed by atoms with van der Waals surface area (Å²) in [6.07, 6.45) is 1.24. The van der Waals surface area contributed by atoms with Crippen LogP contribution in [-0.4, -0.2) is 57.1 Å². The first-order valence-corrected chi connectivity index (χ1v) is 12.1. The number of ether oxygens (including phenoxy) is 2. The number of para-hydroxylation sites is 1. The summed E-state index contributed by atoms with van der Waals surface area (Å²) < 4.78 is 54.6. The molecule has 1 aromatic heterocycles. The molecular formula is C23H25ClF3N3O2S. The minimum absolute atomic E-state index is 0.0167. The molecule has 4 heterocycles. The van der Waals surface area contributed by atoms with Crippen molar-refractivity contribution in [2.45, 2.75) is 24.4 Å². The Morgan fingerprint density at radius 2 is 2.03 bits per heavy atom. The molecule has 1 aromatic carbocycles. The average Bonchev–Trinajstić information content (AvgIpc) is 3.38. The van der Waals surface area contributed by atoms with Crippen LogP contribution in [0.2, 0.25) is 4.34 Å². The van der Waals surface area contributed by atoms with Gasteiger partial charge in [-0.25, -0.2) is 4.39 Å². The van der Waals surface area contributed by atoms with Crippen molar-refractivity contribution in [3.05, 3.63) is 50.9 Å². The van der Waals surface area contributed by atoms with E-state index in [0.717, 1.165) is 12.3 Å². The Morgan fingerprint density at radius 1 is 1.27 bits per heavy atom. The Bertz CT molecular complexity index is 1060. The molecule has 1 saturated heterocycles. The molecule has 0 aliphatic carbocycles. The van der Waals surface area contributed by atoms with Crippen LogP contribution in [0.25, 0.3) is 0 Å². The van der Waals surface area contributed by atoms with Gasteiger partial charge in [0.1, 0.15) is 18.0 Å². The Balaban J connectivity index is 1.28. The predicted molar refractivity (Wildman–Crippen MR) is 123 cm³/mol. The third-order valence-electron chi connectivity index (χ3n) is 6.72. The van der Waals surface area contributed by atoms with Crippen LogP contribution in [0.1, 0.15) is 23.3 Å². The summed E-state index contributed by atoms with van der Waals surface area (Å²) in [7, 11) is 1.62. The lowest BCUT2D eigenvalue weighted by atomic mass is 9.84. The first kappa shape index (κ1) is 23.1. The van der Waals surface area contributed by atoms with Crippen molar-refractivity contribution in [2.75, 3.05) is 51.5 Å². The van der Waals surface area contributed by atoms with E-state index in [2.05, 4.69) is 10.0 Å². The summed E-state index contributed by atoms with van der Waals surface area (Å²) in [5.41, 5.74) is 0.638. The van der Waals surface area contributed by atoms with E-state index in [-0.39, 0.29) is 17.3 Å². The largest absolute Gasteiger partial charge is 0.379 e. The van der Waals surface area contributed by atoms with Crippen LogP contribution in [0.5, 0.6) is 0 Å². The van der Waals surface area contributed by atoms with Gasteiger partial charge in [0.05, 0.1) is 28.9 Å². The monoisotopic (exact) mass is 499 g/mol. The molecule has 3 aliphatic heterocycles. The number of piperidine rings is 1. The van der Waals surface area contributed by atoms with Gasteiger partial charge in [-0.15, -0.1) is 11.3 Å². The van der Waals surface area contributed by atoms with Crippen LogP contribution in [0, 0.1) is 11.7 Å². The normalized spacial score (nSPS) is 24.2. The van der Waals surface area contributed by atoms with Crippen molar-refractivity contribution in [3.63, 3.8) is 0 Å². The smallest absolute Gasteiger partial charge is 0.297 e. The third-order valence-corrected chi connectivity index (χ3v) is 8.17. The Hall–Kier alpha value is -1.65. The second kappa shape index (κ2) is 8.85. The van der Waals surface area contributed by atoms with Gasteiger partial charge in [-0.2, -0.15) is 13.9 Å². The molecule has 0 saturated carbocycles. The van der Waals surface area contributed by atoms with Gasteiger partial charge in [-0.05, 0) is 31.0 Å². The van der Waals surface area contributed by atoms with Gasteiger partial charge in [0.15, 0.2) is 0 Å². The van der Waals surface area contributed by atoms with Gasteiger partial charge >= 0.3 is 0 Å². The molecule has 5 nitrogen and oxygen atoms in total. The number of alkyl halides is 2. The molecule has 1 fully saturated rings. The molecule has 0 amide bonds. The highest BCUT2D eigenvalue weighted by Crippen LogP contribution is 2.52. The fourth-order valence-corrected chi connectivity index (χ4v) is 6.47. The zero-order valence-electron chi connectivity index (χ0n) is 18.2. The second-order valence-corrected chi connectivity index (χ2v) is 10.5. The molecule has 2 aromatic rings. The number of hydrazone groups is 1. The van der Waals surface area contributed by atoms with Crippen molar-refractivity contribution >= 4 is 34.3 Å². The molecule has 10 heteroatoms. The van der Waals surface area contributed by atoms with Crippen molar-refractivity contribution in [3.8, 4) is 0 Å². The Labute approximate surface area is 199 Å². The summed E-state index contributed by atoms with van der Waals surface area (Å²) in [5, 5.41) is 6.33. The number of thiophene rings is 1. The maximum absolute atomic E-state index is 14.4. The first-order valence-electron chi connectivity index (χ1n) is 10.9. The highest BCUT2D eigenvalue weighted by Gasteiger charge is 2.51. The van der Waals surface area contributed by atoms with E-state index in [1.54, 1.807) is 30.3 Å². The summed E-state index contributed by atoms with van der Waals surface area (Å²) in [6.45, 7) is 2.47. The average molecular weight is 500 g/mol. The van der Waals surface area contributed by atoms with E-state index < -0.39 is 18.1 Å². The fraction of sp³-hybridized carbons (Fsp3) is 0.522. The number of nitrogens with zero attached hydrogens (tertiary/aromatic N) is 3. The number of likely N-dealkylation sites (tertiary alicyclic amines) is 1. The topological polar surface area (TPSA) is 37.3 Å².